The minimum atomic E-state index is -3.18. The van der Waals surface area contributed by atoms with Gasteiger partial charge in [-0.05, 0) is 12.0 Å². The van der Waals surface area contributed by atoms with Crippen LogP contribution >= 0.6 is 0 Å². The van der Waals surface area contributed by atoms with Gasteiger partial charge in [-0.3, -0.25) is 0 Å². The van der Waals surface area contributed by atoms with Crippen molar-refractivity contribution in [1.82, 2.24) is 4.72 Å². The first kappa shape index (κ1) is 11.6. The molecule has 0 radical (unpaired) electrons. The van der Waals surface area contributed by atoms with Crippen molar-refractivity contribution in [2.45, 2.75) is 18.4 Å². The van der Waals surface area contributed by atoms with Crippen molar-refractivity contribution in [3.8, 4) is 0 Å². The Morgan fingerprint density at radius 3 is 2.62 bits per heavy atom. The highest BCUT2D eigenvalue weighted by Crippen LogP contribution is 2.40. The predicted octanol–water partition coefficient (Wildman–Crippen LogP) is 0.421. The van der Waals surface area contributed by atoms with Crippen LogP contribution < -0.4 is 10.5 Å². The van der Waals surface area contributed by atoms with E-state index in [1.807, 2.05) is 30.3 Å². The molecule has 0 aliphatic heterocycles. The number of rotatable bonds is 5. The first-order valence-corrected chi connectivity index (χ1v) is 7.02. The van der Waals surface area contributed by atoms with E-state index in [1.165, 1.54) is 5.56 Å². The Morgan fingerprint density at radius 1 is 1.31 bits per heavy atom. The zero-order chi connectivity index (χ0) is 11.6. The van der Waals surface area contributed by atoms with Gasteiger partial charge in [-0.1, -0.05) is 30.3 Å². The van der Waals surface area contributed by atoms with Crippen molar-refractivity contribution in [3.05, 3.63) is 35.9 Å². The molecule has 0 saturated heterocycles. The zero-order valence-electron chi connectivity index (χ0n) is 8.96. The molecule has 0 bridgehead atoms. The van der Waals surface area contributed by atoms with Crippen LogP contribution in [0.25, 0.3) is 0 Å². The molecule has 3 N–H and O–H groups in total. The van der Waals surface area contributed by atoms with Gasteiger partial charge in [-0.2, -0.15) is 0 Å². The molecule has 2 atom stereocenters. The fourth-order valence-corrected chi connectivity index (χ4v) is 2.99. The maximum absolute atomic E-state index is 11.5. The van der Waals surface area contributed by atoms with Crippen molar-refractivity contribution < 1.29 is 8.42 Å². The van der Waals surface area contributed by atoms with E-state index < -0.39 is 10.0 Å². The molecule has 1 aromatic carbocycles. The van der Waals surface area contributed by atoms with E-state index in [4.69, 9.17) is 5.73 Å². The highest BCUT2D eigenvalue weighted by atomic mass is 32.2. The largest absolute Gasteiger partial charge is 0.329 e. The van der Waals surface area contributed by atoms with Crippen LogP contribution in [0, 0.1) is 0 Å². The standard InChI is InChI=1S/C11H16N2O2S/c12-6-7-16(14,15)13-11-8-10(11)9-4-2-1-3-5-9/h1-5,10-11,13H,6-8,12H2. The molecule has 2 rings (SSSR count). The molecule has 5 heteroatoms. The van der Waals surface area contributed by atoms with Crippen LogP contribution in [0.15, 0.2) is 30.3 Å². The van der Waals surface area contributed by atoms with Gasteiger partial charge in [-0.15, -0.1) is 0 Å². The molecule has 0 spiro atoms. The zero-order valence-corrected chi connectivity index (χ0v) is 9.78. The van der Waals surface area contributed by atoms with E-state index in [2.05, 4.69) is 4.72 Å². The van der Waals surface area contributed by atoms with E-state index in [0.717, 1.165) is 6.42 Å². The van der Waals surface area contributed by atoms with Crippen molar-refractivity contribution in [2.24, 2.45) is 5.73 Å². The summed E-state index contributed by atoms with van der Waals surface area (Å²) in [5.41, 5.74) is 6.43. The number of hydrogen-bond acceptors (Lipinski definition) is 3. The second kappa shape index (κ2) is 4.53. The topological polar surface area (TPSA) is 72.2 Å². The van der Waals surface area contributed by atoms with Crippen LogP contribution in [0.3, 0.4) is 0 Å². The third-order valence-electron chi connectivity index (χ3n) is 2.74. The fourth-order valence-electron chi connectivity index (χ4n) is 1.84. The summed E-state index contributed by atoms with van der Waals surface area (Å²) in [6.07, 6.45) is 0.883. The van der Waals surface area contributed by atoms with Gasteiger partial charge < -0.3 is 5.73 Å². The summed E-state index contributed by atoms with van der Waals surface area (Å²) in [4.78, 5) is 0. The van der Waals surface area contributed by atoms with E-state index in [-0.39, 0.29) is 18.3 Å². The van der Waals surface area contributed by atoms with Gasteiger partial charge in [0.15, 0.2) is 0 Å². The van der Waals surface area contributed by atoms with Gasteiger partial charge in [0.25, 0.3) is 0 Å². The van der Waals surface area contributed by atoms with E-state index in [0.29, 0.717) is 5.92 Å². The molecular formula is C11H16N2O2S. The maximum Gasteiger partial charge on any atom is 0.213 e. The molecule has 1 aromatic rings. The van der Waals surface area contributed by atoms with Gasteiger partial charge in [-0.25, -0.2) is 13.1 Å². The van der Waals surface area contributed by atoms with E-state index in [1.54, 1.807) is 0 Å². The summed E-state index contributed by atoms with van der Waals surface area (Å²) >= 11 is 0. The summed E-state index contributed by atoms with van der Waals surface area (Å²) in [5.74, 6) is 0.333. The number of hydrogen-bond donors (Lipinski definition) is 2. The van der Waals surface area contributed by atoms with Crippen molar-refractivity contribution >= 4 is 10.0 Å². The second-order valence-electron chi connectivity index (χ2n) is 4.08. The molecule has 4 nitrogen and oxygen atoms in total. The highest BCUT2D eigenvalue weighted by Gasteiger charge is 2.40. The molecular weight excluding hydrogens is 224 g/mol. The minimum absolute atomic E-state index is 0.00497. The Balaban J connectivity index is 1.93. The summed E-state index contributed by atoms with van der Waals surface area (Å²) in [6, 6.07) is 10.0. The number of nitrogens with two attached hydrogens (primary N) is 1. The van der Waals surface area contributed by atoms with Crippen molar-refractivity contribution in [2.75, 3.05) is 12.3 Å². The fraction of sp³-hybridized carbons (Fsp3) is 0.455. The van der Waals surface area contributed by atoms with Gasteiger partial charge in [0.1, 0.15) is 0 Å². The van der Waals surface area contributed by atoms with Gasteiger partial charge in [0.2, 0.25) is 10.0 Å². The van der Waals surface area contributed by atoms with E-state index in [9.17, 15) is 8.42 Å². The van der Waals surface area contributed by atoms with Crippen LogP contribution in [-0.2, 0) is 10.0 Å². The quantitative estimate of drug-likeness (QED) is 0.783. The monoisotopic (exact) mass is 240 g/mol. The molecule has 0 heterocycles. The van der Waals surface area contributed by atoms with Crippen LogP contribution in [-0.4, -0.2) is 26.8 Å². The Hall–Kier alpha value is -0.910. The third kappa shape index (κ3) is 2.81. The molecule has 1 aliphatic carbocycles. The average Bonchev–Trinajstić information content (AvgIpc) is 2.97. The van der Waals surface area contributed by atoms with Gasteiger partial charge >= 0.3 is 0 Å². The number of nitrogens with one attached hydrogen (secondary N) is 1. The SMILES string of the molecule is NCCS(=O)(=O)NC1CC1c1ccccc1. The molecule has 0 amide bonds. The smallest absolute Gasteiger partial charge is 0.213 e. The molecule has 0 aromatic heterocycles. The molecule has 1 fully saturated rings. The first-order chi connectivity index (χ1) is 7.62. The van der Waals surface area contributed by atoms with Crippen LogP contribution in [0.5, 0.6) is 0 Å². The Morgan fingerprint density at radius 2 is 2.00 bits per heavy atom. The summed E-state index contributed by atoms with van der Waals surface area (Å²) < 4.78 is 25.6. The van der Waals surface area contributed by atoms with E-state index >= 15 is 0 Å². The summed E-state index contributed by atoms with van der Waals surface area (Å²) in [7, 11) is -3.18. The van der Waals surface area contributed by atoms with Gasteiger partial charge in [0, 0.05) is 18.5 Å². The lowest BCUT2D eigenvalue weighted by Gasteiger charge is -2.04. The summed E-state index contributed by atoms with van der Waals surface area (Å²) in [5, 5.41) is 0. The molecule has 1 saturated carbocycles. The minimum Gasteiger partial charge on any atom is -0.329 e. The lowest BCUT2D eigenvalue weighted by Crippen LogP contribution is -2.32. The molecule has 16 heavy (non-hydrogen) atoms. The Kier molecular flexibility index (Phi) is 3.28. The van der Waals surface area contributed by atoms with Crippen LogP contribution in [0.2, 0.25) is 0 Å². The molecule has 88 valence electrons. The lowest BCUT2D eigenvalue weighted by atomic mass is 10.1. The van der Waals surface area contributed by atoms with Crippen molar-refractivity contribution in [1.29, 1.82) is 0 Å². The highest BCUT2D eigenvalue weighted by molar-refractivity contribution is 7.89. The van der Waals surface area contributed by atoms with Crippen LogP contribution in [0.4, 0.5) is 0 Å². The number of sulfonamides is 1. The Labute approximate surface area is 95.9 Å². The maximum atomic E-state index is 11.5. The number of benzene rings is 1. The Bertz CT molecular complexity index is 444. The van der Waals surface area contributed by atoms with Gasteiger partial charge in [0.05, 0.1) is 5.75 Å². The average molecular weight is 240 g/mol. The normalized spacial score (nSPS) is 24.3. The predicted molar refractivity (Wildman–Crippen MR) is 63.6 cm³/mol. The second-order valence-corrected chi connectivity index (χ2v) is 5.96. The lowest BCUT2D eigenvalue weighted by molar-refractivity contribution is 0.580. The summed E-state index contributed by atoms with van der Waals surface area (Å²) in [6.45, 7) is 0.165. The molecule has 1 aliphatic rings. The third-order valence-corrected chi connectivity index (χ3v) is 4.17. The molecule has 2 unspecified atom stereocenters. The van der Waals surface area contributed by atoms with Crippen molar-refractivity contribution in [3.63, 3.8) is 0 Å². The van der Waals surface area contributed by atoms with Crippen LogP contribution in [0.1, 0.15) is 17.9 Å². The first-order valence-electron chi connectivity index (χ1n) is 5.37.